The highest BCUT2D eigenvalue weighted by Crippen LogP contribution is 2.26. The number of hydrogen-bond donors (Lipinski definition) is 0. The van der Waals surface area contributed by atoms with Gasteiger partial charge in [-0.05, 0) is 66.9 Å². The van der Waals surface area contributed by atoms with Crippen molar-refractivity contribution in [3.8, 4) is 5.69 Å². The third-order valence-electron chi connectivity index (χ3n) is 5.83. The van der Waals surface area contributed by atoms with Crippen molar-refractivity contribution < 1.29 is 9.18 Å². The number of benzene rings is 3. The van der Waals surface area contributed by atoms with Gasteiger partial charge in [0.15, 0.2) is 5.16 Å². The van der Waals surface area contributed by atoms with Gasteiger partial charge in [-0.3, -0.25) is 14.2 Å². The van der Waals surface area contributed by atoms with Crippen LogP contribution in [-0.2, 0) is 5.75 Å². The number of carbonyl (C=O) groups excluding carboxylic acids is 1. The molecule has 34 heavy (non-hydrogen) atoms. The first-order valence-electron chi connectivity index (χ1n) is 11.0. The second-order valence-electron chi connectivity index (χ2n) is 8.16. The van der Waals surface area contributed by atoms with Crippen LogP contribution in [0.4, 0.5) is 4.39 Å². The number of thioether (sulfide) groups is 1. The fourth-order valence-corrected chi connectivity index (χ4v) is 5.16. The van der Waals surface area contributed by atoms with E-state index in [0.29, 0.717) is 38.1 Å². The standard InChI is InChI=1S/C26H21ClFN3O2S/c27-19-9-6-17(7-10-19)16-34-26-29-23-14-18(24(32)30-12-1-2-13-30)8-11-22(23)25(33)31(26)21-5-3-4-20(28)15-21/h3-11,14-15H,1-2,12-13,16H2. The van der Waals surface area contributed by atoms with Gasteiger partial charge < -0.3 is 4.90 Å². The fraction of sp³-hybridized carbons (Fsp3) is 0.192. The maximum Gasteiger partial charge on any atom is 0.266 e. The molecule has 0 N–H and O–H groups in total. The van der Waals surface area contributed by atoms with E-state index in [1.807, 2.05) is 17.0 Å². The molecule has 1 aliphatic rings. The van der Waals surface area contributed by atoms with Crippen LogP contribution < -0.4 is 5.56 Å². The summed E-state index contributed by atoms with van der Waals surface area (Å²) in [5, 5.41) is 1.44. The Labute approximate surface area is 205 Å². The van der Waals surface area contributed by atoms with Gasteiger partial charge in [-0.15, -0.1) is 0 Å². The van der Waals surface area contributed by atoms with Crippen molar-refractivity contribution in [2.24, 2.45) is 0 Å². The van der Waals surface area contributed by atoms with Crippen molar-refractivity contribution >= 4 is 40.2 Å². The molecule has 0 radical (unpaired) electrons. The van der Waals surface area contributed by atoms with Gasteiger partial charge in [-0.1, -0.05) is 41.6 Å². The van der Waals surface area contributed by atoms with Crippen LogP contribution in [-0.4, -0.2) is 33.4 Å². The molecule has 1 saturated heterocycles. The molecule has 8 heteroatoms. The topological polar surface area (TPSA) is 55.2 Å². The summed E-state index contributed by atoms with van der Waals surface area (Å²) in [5.74, 6) is 0.0483. The first-order valence-corrected chi connectivity index (χ1v) is 12.4. The SMILES string of the molecule is O=C(c1ccc2c(=O)n(-c3cccc(F)c3)c(SCc3ccc(Cl)cc3)nc2c1)N1CCCC1. The molecule has 1 amide bonds. The van der Waals surface area contributed by atoms with E-state index in [-0.39, 0.29) is 11.5 Å². The maximum atomic E-state index is 14.0. The van der Waals surface area contributed by atoms with E-state index in [1.165, 1.54) is 28.5 Å². The number of aromatic nitrogens is 2. The highest BCUT2D eigenvalue weighted by Gasteiger charge is 2.21. The first-order chi connectivity index (χ1) is 16.5. The smallest absolute Gasteiger partial charge is 0.266 e. The highest BCUT2D eigenvalue weighted by molar-refractivity contribution is 7.98. The molecule has 0 unspecified atom stereocenters. The van der Waals surface area contributed by atoms with E-state index in [9.17, 15) is 14.0 Å². The van der Waals surface area contributed by atoms with Crippen LogP contribution in [0.1, 0.15) is 28.8 Å². The molecular weight excluding hydrogens is 473 g/mol. The lowest BCUT2D eigenvalue weighted by atomic mass is 10.1. The molecule has 4 aromatic rings. The van der Waals surface area contributed by atoms with E-state index in [1.54, 1.807) is 42.5 Å². The summed E-state index contributed by atoms with van der Waals surface area (Å²) in [4.78, 5) is 33.0. The van der Waals surface area contributed by atoms with E-state index < -0.39 is 5.82 Å². The van der Waals surface area contributed by atoms with Crippen molar-refractivity contribution in [1.82, 2.24) is 14.5 Å². The number of rotatable bonds is 5. The van der Waals surface area contributed by atoms with Crippen LogP contribution in [0.25, 0.3) is 16.6 Å². The van der Waals surface area contributed by atoms with Crippen molar-refractivity contribution in [1.29, 1.82) is 0 Å². The zero-order valence-corrected chi connectivity index (χ0v) is 19.8. The van der Waals surface area contributed by atoms with Crippen molar-refractivity contribution in [2.45, 2.75) is 23.8 Å². The first kappa shape index (κ1) is 22.6. The van der Waals surface area contributed by atoms with Gasteiger partial charge in [-0.2, -0.15) is 0 Å². The number of halogens is 2. The quantitative estimate of drug-likeness (QED) is 0.264. The Morgan fingerprint density at radius 3 is 2.53 bits per heavy atom. The lowest BCUT2D eigenvalue weighted by Crippen LogP contribution is -2.28. The summed E-state index contributed by atoms with van der Waals surface area (Å²) in [7, 11) is 0. The molecule has 0 spiro atoms. The Balaban J connectivity index is 1.60. The van der Waals surface area contributed by atoms with Gasteiger partial charge in [0.2, 0.25) is 0 Å². The molecule has 2 heterocycles. The summed E-state index contributed by atoms with van der Waals surface area (Å²) in [6.45, 7) is 1.49. The summed E-state index contributed by atoms with van der Waals surface area (Å²) in [5.41, 5.74) is 2.05. The Morgan fingerprint density at radius 2 is 1.79 bits per heavy atom. The van der Waals surface area contributed by atoms with Crippen molar-refractivity contribution in [2.75, 3.05) is 13.1 Å². The van der Waals surface area contributed by atoms with Crippen LogP contribution in [0.15, 0.2) is 76.7 Å². The van der Waals surface area contributed by atoms with Crippen LogP contribution >= 0.6 is 23.4 Å². The second-order valence-corrected chi connectivity index (χ2v) is 9.54. The Hall–Kier alpha value is -3.16. The third-order valence-corrected chi connectivity index (χ3v) is 7.09. The molecular formula is C26H21ClFN3O2S. The second kappa shape index (κ2) is 9.60. The molecule has 1 aromatic heterocycles. The normalized spacial score (nSPS) is 13.5. The number of carbonyl (C=O) groups is 1. The number of fused-ring (bicyclic) bond motifs is 1. The molecule has 0 bridgehead atoms. The summed E-state index contributed by atoms with van der Waals surface area (Å²) >= 11 is 7.36. The van der Waals surface area contributed by atoms with Gasteiger partial charge in [0.05, 0.1) is 16.6 Å². The molecule has 0 saturated carbocycles. The molecule has 1 aliphatic heterocycles. The molecule has 5 rings (SSSR count). The Morgan fingerprint density at radius 1 is 1.03 bits per heavy atom. The molecule has 0 aliphatic carbocycles. The van der Waals surface area contributed by atoms with Crippen LogP contribution in [0.3, 0.4) is 0 Å². The average Bonchev–Trinajstić information content (AvgIpc) is 3.38. The zero-order valence-electron chi connectivity index (χ0n) is 18.2. The lowest BCUT2D eigenvalue weighted by molar-refractivity contribution is 0.0793. The number of amides is 1. The van der Waals surface area contributed by atoms with E-state index in [2.05, 4.69) is 0 Å². The van der Waals surface area contributed by atoms with Crippen molar-refractivity contribution in [3.05, 3.63) is 99.1 Å². The summed E-state index contributed by atoms with van der Waals surface area (Å²) < 4.78 is 15.4. The minimum Gasteiger partial charge on any atom is -0.339 e. The number of nitrogens with zero attached hydrogens (tertiary/aromatic N) is 3. The van der Waals surface area contributed by atoms with Crippen molar-refractivity contribution in [3.63, 3.8) is 0 Å². The molecule has 1 fully saturated rings. The average molecular weight is 494 g/mol. The lowest BCUT2D eigenvalue weighted by Gasteiger charge is -2.16. The minimum atomic E-state index is -0.440. The maximum absolute atomic E-state index is 14.0. The predicted octanol–water partition coefficient (Wildman–Crippen LogP) is 5.71. The molecule has 0 atom stereocenters. The monoisotopic (exact) mass is 493 g/mol. The van der Waals surface area contributed by atoms with Gasteiger partial charge in [0.1, 0.15) is 5.82 Å². The van der Waals surface area contributed by atoms with Gasteiger partial charge in [0, 0.05) is 29.4 Å². The van der Waals surface area contributed by atoms with Crippen LogP contribution in [0, 0.1) is 5.82 Å². The van der Waals surface area contributed by atoms with Gasteiger partial charge in [0.25, 0.3) is 11.5 Å². The van der Waals surface area contributed by atoms with E-state index in [4.69, 9.17) is 16.6 Å². The molecule has 172 valence electrons. The predicted molar refractivity (Wildman–Crippen MR) is 133 cm³/mol. The fourth-order valence-electron chi connectivity index (χ4n) is 4.07. The Kier molecular flexibility index (Phi) is 6.39. The largest absolute Gasteiger partial charge is 0.339 e. The number of hydrogen-bond acceptors (Lipinski definition) is 4. The third kappa shape index (κ3) is 4.58. The molecule has 5 nitrogen and oxygen atoms in total. The number of likely N-dealkylation sites (tertiary alicyclic amines) is 1. The van der Waals surface area contributed by atoms with Gasteiger partial charge >= 0.3 is 0 Å². The molecule has 3 aromatic carbocycles. The van der Waals surface area contributed by atoms with E-state index in [0.717, 1.165) is 31.5 Å². The van der Waals surface area contributed by atoms with E-state index >= 15 is 0 Å². The van der Waals surface area contributed by atoms with Crippen LogP contribution in [0.5, 0.6) is 0 Å². The summed E-state index contributed by atoms with van der Waals surface area (Å²) in [6.07, 6.45) is 2.00. The summed E-state index contributed by atoms with van der Waals surface area (Å²) in [6, 6.07) is 18.3. The zero-order chi connectivity index (χ0) is 23.7. The highest BCUT2D eigenvalue weighted by atomic mass is 35.5. The Bertz CT molecular complexity index is 1430. The minimum absolute atomic E-state index is 0.0501. The van der Waals surface area contributed by atoms with Gasteiger partial charge in [-0.25, -0.2) is 9.37 Å². The van der Waals surface area contributed by atoms with Crippen LogP contribution in [0.2, 0.25) is 5.02 Å².